The molecule has 6 nitrogen and oxygen atoms in total. The molecule has 0 atom stereocenters. The number of methoxy groups -OCH3 is 3. The fourth-order valence-corrected chi connectivity index (χ4v) is 3.31. The van der Waals surface area contributed by atoms with E-state index in [2.05, 4.69) is 4.72 Å². The molecule has 0 spiro atoms. The van der Waals surface area contributed by atoms with Gasteiger partial charge in [0.1, 0.15) is 5.75 Å². The number of hydrogen-bond acceptors (Lipinski definition) is 5. The van der Waals surface area contributed by atoms with Crippen LogP contribution in [0.3, 0.4) is 0 Å². The maximum atomic E-state index is 12.6. The van der Waals surface area contributed by atoms with E-state index in [-0.39, 0.29) is 4.90 Å². The van der Waals surface area contributed by atoms with Gasteiger partial charge in [0.2, 0.25) is 0 Å². The molecule has 7 heteroatoms. The molecule has 0 aliphatic rings. The molecular formula is C17H21NO5S. The van der Waals surface area contributed by atoms with Crippen molar-refractivity contribution in [3.63, 3.8) is 0 Å². The summed E-state index contributed by atoms with van der Waals surface area (Å²) in [4.78, 5) is 0.182. The van der Waals surface area contributed by atoms with Crippen LogP contribution in [0.15, 0.2) is 47.4 Å². The third-order valence-corrected chi connectivity index (χ3v) is 4.90. The predicted molar refractivity (Wildman–Crippen MR) is 91.7 cm³/mol. The Morgan fingerprint density at radius 3 is 2.12 bits per heavy atom. The van der Waals surface area contributed by atoms with Crippen LogP contribution in [0.1, 0.15) is 17.4 Å². The number of aryl methyl sites for hydroxylation is 1. The van der Waals surface area contributed by atoms with Crippen LogP contribution in [-0.2, 0) is 19.5 Å². The molecule has 130 valence electrons. The Morgan fingerprint density at radius 1 is 0.958 bits per heavy atom. The summed E-state index contributed by atoms with van der Waals surface area (Å²) in [7, 11) is 0.764. The fourth-order valence-electron chi connectivity index (χ4n) is 2.23. The highest BCUT2D eigenvalue weighted by atomic mass is 32.2. The number of benzene rings is 2. The molecule has 0 fully saturated rings. The number of sulfonamides is 1. The zero-order chi connectivity index (χ0) is 17.7. The standard InChI is InChI=1S/C17H21NO5S/c1-12-5-8-14(9-6-12)24(19,20)18-16-10-7-13(21-2)11-15(16)17(22-3)23-4/h5-11,17-18H,1-4H3. The predicted octanol–water partition coefficient (Wildman–Crippen LogP) is 3.10. The Kier molecular flexibility index (Phi) is 5.82. The van der Waals surface area contributed by atoms with Crippen molar-refractivity contribution in [2.45, 2.75) is 18.1 Å². The summed E-state index contributed by atoms with van der Waals surface area (Å²) in [5.74, 6) is 0.572. The van der Waals surface area contributed by atoms with Gasteiger partial charge in [0.25, 0.3) is 10.0 Å². The molecule has 0 aliphatic heterocycles. The van der Waals surface area contributed by atoms with Gasteiger partial charge in [-0.25, -0.2) is 8.42 Å². The Balaban J connectivity index is 2.42. The SMILES string of the molecule is COc1ccc(NS(=O)(=O)c2ccc(C)cc2)c(C(OC)OC)c1. The third kappa shape index (κ3) is 4.05. The first-order chi connectivity index (χ1) is 11.4. The van der Waals surface area contributed by atoms with Crippen molar-refractivity contribution in [2.75, 3.05) is 26.1 Å². The van der Waals surface area contributed by atoms with Crippen LogP contribution < -0.4 is 9.46 Å². The summed E-state index contributed by atoms with van der Waals surface area (Å²) in [6.07, 6.45) is -0.726. The second-order valence-electron chi connectivity index (χ2n) is 5.18. The van der Waals surface area contributed by atoms with E-state index < -0.39 is 16.3 Å². The molecule has 0 aliphatic carbocycles. The Hall–Kier alpha value is -2.09. The van der Waals surface area contributed by atoms with Gasteiger partial charge in [-0.1, -0.05) is 17.7 Å². The quantitative estimate of drug-likeness (QED) is 0.776. The molecule has 2 aromatic rings. The normalized spacial score (nSPS) is 11.5. The van der Waals surface area contributed by atoms with Crippen LogP contribution in [0.5, 0.6) is 5.75 Å². The summed E-state index contributed by atoms with van der Waals surface area (Å²) in [6.45, 7) is 1.90. The van der Waals surface area contributed by atoms with Gasteiger partial charge in [0.15, 0.2) is 6.29 Å². The maximum absolute atomic E-state index is 12.6. The first kappa shape index (κ1) is 18.3. The highest BCUT2D eigenvalue weighted by Gasteiger charge is 2.20. The summed E-state index contributed by atoms with van der Waals surface area (Å²) in [6, 6.07) is 11.6. The first-order valence-corrected chi connectivity index (χ1v) is 8.72. The number of anilines is 1. The van der Waals surface area contributed by atoms with E-state index in [0.717, 1.165) is 5.56 Å². The maximum Gasteiger partial charge on any atom is 0.261 e. The van der Waals surface area contributed by atoms with Crippen LogP contribution in [0.2, 0.25) is 0 Å². The lowest BCUT2D eigenvalue weighted by Gasteiger charge is -2.19. The molecule has 0 heterocycles. The highest BCUT2D eigenvalue weighted by Crippen LogP contribution is 2.31. The van der Waals surface area contributed by atoms with Gasteiger partial charge in [0, 0.05) is 19.8 Å². The van der Waals surface area contributed by atoms with Gasteiger partial charge >= 0.3 is 0 Å². The van der Waals surface area contributed by atoms with Crippen LogP contribution >= 0.6 is 0 Å². The molecule has 2 rings (SSSR count). The van der Waals surface area contributed by atoms with Crippen LogP contribution in [0.4, 0.5) is 5.69 Å². The topological polar surface area (TPSA) is 73.9 Å². The first-order valence-electron chi connectivity index (χ1n) is 7.24. The van der Waals surface area contributed by atoms with E-state index >= 15 is 0 Å². The molecule has 0 aromatic heterocycles. The molecule has 1 N–H and O–H groups in total. The van der Waals surface area contributed by atoms with Crippen molar-refractivity contribution in [1.82, 2.24) is 0 Å². The van der Waals surface area contributed by atoms with Crippen molar-refractivity contribution in [3.05, 3.63) is 53.6 Å². The molecule has 0 radical (unpaired) electrons. The minimum absolute atomic E-state index is 0.182. The van der Waals surface area contributed by atoms with E-state index in [0.29, 0.717) is 17.0 Å². The zero-order valence-electron chi connectivity index (χ0n) is 14.1. The summed E-state index contributed by atoms with van der Waals surface area (Å²) >= 11 is 0. The average Bonchev–Trinajstić information content (AvgIpc) is 2.57. The Bertz CT molecular complexity index is 783. The molecule has 24 heavy (non-hydrogen) atoms. The van der Waals surface area contributed by atoms with Crippen molar-refractivity contribution in [2.24, 2.45) is 0 Å². The minimum atomic E-state index is -3.72. The molecule has 0 bridgehead atoms. The van der Waals surface area contributed by atoms with Crippen LogP contribution in [0.25, 0.3) is 0 Å². The van der Waals surface area contributed by atoms with Crippen molar-refractivity contribution in [3.8, 4) is 5.75 Å². The van der Waals surface area contributed by atoms with E-state index in [1.807, 2.05) is 6.92 Å². The molecule has 0 saturated carbocycles. The van der Waals surface area contributed by atoms with Gasteiger partial charge in [0.05, 0.1) is 17.7 Å². The third-order valence-electron chi connectivity index (χ3n) is 3.52. The smallest absolute Gasteiger partial charge is 0.261 e. The fraction of sp³-hybridized carbons (Fsp3) is 0.294. The second-order valence-corrected chi connectivity index (χ2v) is 6.86. The zero-order valence-corrected chi connectivity index (χ0v) is 14.9. The molecule has 0 unspecified atom stereocenters. The number of rotatable bonds is 7. The Labute approximate surface area is 142 Å². The molecule has 0 saturated heterocycles. The molecular weight excluding hydrogens is 330 g/mol. The van der Waals surface area contributed by atoms with Gasteiger partial charge in [-0.3, -0.25) is 4.72 Å². The highest BCUT2D eigenvalue weighted by molar-refractivity contribution is 7.92. The largest absolute Gasteiger partial charge is 0.497 e. The average molecular weight is 351 g/mol. The lowest BCUT2D eigenvalue weighted by Crippen LogP contribution is -2.16. The van der Waals surface area contributed by atoms with Crippen molar-refractivity contribution < 1.29 is 22.6 Å². The minimum Gasteiger partial charge on any atom is -0.497 e. The number of hydrogen-bond donors (Lipinski definition) is 1. The van der Waals surface area contributed by atoms with Crippen molar-refractivity contribution in [1.29, 1.82) is 0 Å². The van der Waals surface area contributed by atoms with Gasteiger partial charge in [-0.05, 0) is 37.3 Å². The molecule has 2 aromatic carbocycles. The molecule has 0 amide bonds. The van der Waals surface area contributed by atoms with Gasteiger partial charge in [-0.15, -0.1) is 0 Å². The summed E-state index contributed by atoms with van der Waals surface area (Å²) in [5.41, 5.74) is 1.87. The Morgan fingerprint density at radius 2 is 1.58 bits per heavy atom. The summed E-state index contributed by atoms with van der Waals surface area (Å²) < 4.78 is 43.5. The van der Waals surface area contributed by atoms with Gasteiger partial charge in [-0.2, -0.15) is 0 Å². The summed E-state index contributed by atoms with van der Waals surface area (Å²) in [5, 5.41) is 0. The number of ether oxygens (including phenoxy) is 3. The lowest BCUT2D eigenvalue weighted by molar-refractivity contribution is -0.105. The van der Waals surface area contributed by atoms with E-state index in [4.69, 9.17) is 14.2 Å². The lowest BCUT2D eigenvalue weighted by atomic mass is 10.1. The monoisotopic (exact) mass is 351 g/mol. The number of nitrogens with one attached hydrogen (secondary N) is 1. The van der Waals surface area contributed by atoms with E-state index in [1.54, 1.807) is 42.5 Å². The van der Waals surface area contributed by atoms with E-state index in [9.17, 15) is 8.42 Å². The van der Waals surface area contributed by atoms with E-state index in [1.165, 1.54) is 21.3 Å². The van der Waals surface area contributed by atoms with Crippen LogP contribution in [0, 0.1) is 6.92 Å². The van der Waals surface area contributed by atoms with Crippen molar-refractivity contribution >= 4 is 15.7 Å². The van der Waals surface area contributed by atoms with Crippen LogP contribution in [-0.4, -0.2) is 29.7 Å². The second kappa shape index (κ2) is 7.65. The van der Waals surface area contributed by atoms with Gasteiger partial charge < -0.3 is 14.2 Å².